The zero-order valence-corrected chi connectivity index (χ0v) is 12.4. The molecule has 1 N–H and O–H groups in total. The maximum atomic E-state index is 12.5. The highest BCUT2D eigenvalue weighted by molar-refractivity contribution is 5.95. The lowest BCUT2D eigenvalue weighted by Crippen LogP contribution is -2.45. The summed E-state index contributed by atoms with van der Waals surface area (Å²) in [7, 11) is 0. The fraction of sp³-hybridized carbons (Fsp3) is 0.562. The molecule has 1 amide bonds. The molecule has 1 saturated heterocycles. The van der Waals surface area contributed by atoms with Crippen molar-refractivity contribution < 1.29 is 9.90 Å². The van der Waals surface area contributed by atoms with E-state index in [0.717, 1.165) is 30.6 Å². The summed E-state index contributed by atoms with van der Waals surface area (Å²) >= 11 is 0. The first-order valence-corrected chi connectivity index (χ1v) is 7.38. The summed E-state index contributed by atoms with van der Waals surface area (Å²) in [6.07, 6.45) is 1.52. The quantitative estimate of drug-likeness (QED) is 0.912. The molecule has 1 aromatic rings. The van der Waals surface area contributed by atoms with Crippen LogP contribution in [0.2, 0.25) is 0 Å². The van der Waals surface area contributed by atoms with E-state index in [1.807, 2.05) is 43.0 Å². The molecule has 1 aromatic carbocycles. The minimum Gasteiger partial charge on any atom is -0.392 e. The SMILES string of the molecule is CCN(C(=O)CN1CCCC(O)C1)c1ccccc1C. The van der Waals surface area contributed by atoms with E-state index in [0.29, 0.717) is 19.6 Å². The topological polar surface area (TPSA) is 43.8 Å². The standard InChI is InChI=1S/C16H24N2O2/c1-3-18(15-9-5-4-7-13(15)2)16(20)12-17-10-6-8-14(19)11-17/h4-5,7,9,14,19H,3,6,8,10-12H2,1-2H3. The van der Waals surface area contributed by atoms with Crippen LogP contribution < -0.4 is 4.90 Å². The first-order chi connectivity index (χ1) is 9.61. The van der Waals surface area contributed by atoms with Crippen molar-refractivity contribution in [3.05, 3.63) is 29.8 Å². The highest BCUT2D eigenvalue weighted by Gasteiger charge is 2.23. The van der Waals surface area contributed by atoms with Gasteiger partial charge in [-0.2, -0.15) is 0 Å². The molecule has 1 heterocycles. The Kier molecular flexibility index (Phi) is 5.15. The number of likely N-dealkylation sites (tertiary alicyclic amines) is 1. The number of piperidine rings is 1. The Bertz CT molecular complexity index is 462. The summed E-state index contributed by atoms with van der Waals surface area (Å²) in [6, 6.07) is 7.96. The predicted octanol–water partition coefficient (Wildman–Crippen LogP) is 1.80. The van der Waals surface area contributed by atoms with Crippen molar-refractivity contribution in [1.29, 1.82) is 0 Å². The van der Waals surface area contributed by atoms with Crippen molar-refractivity contribution in [3.63, 3.8) is 0 Å². The smallest absolute Gasteiger partial charge is 0.241 e. The predicted molar refractivity (Wildman–Crippen MR) is 80.9 cm³/mol. The summed E-state index contributed by atoms with van der Waals surface area (Å²) in [5, 5.41) is 9.68. The summed E-state index contributed by atoms with van der Waals surface area (Å²) < 4.78 is 0. The van der Waals surface area contributed by atoms with Crippen molar-refractivity contribution in [1.82, 2.24) is 4.90 Å². The number of β-amino-alcohol motifs (C(OH)–C–C–N with tert-alkyl or cyclic N) is 1. The second-order valence-corrected chi connectivity index (χ2v) is 5.46. The lowest BCUT2D eigenvalue weighted by atomic mass is 10.1. The van der Waals surface area contributed by atoms with E-state index in [-0.39, 0.29) is 12.0 Å². The highest BCUT2D eigenvalue weighted by Crippen LogP contribution is 2.20. The third kappa shape index (κ3) is 3.58. The average molecular weight is 276 g/mol. The molecule has 0 radical (unpaired) electrons. The number of aliphatic hydroxyl groups excluding tert-OH is 1. The minimum atomic E-state index is -0.287. The van der Waals surface area contributed by atoms with Crippen LogP contribution in [0.1, 0.15) is 25.3 Å². The normalized spacial score (nSPS) is 19.9. The molecule has 20 heavy (non-hydrogen) atoms. The van der Waals surface area contributed by atoms with Crippen molar-refractivity contribution in [2.24, 2.45) is 0 Å². The Hall–Kier alpha value is -1.39. The highest BCUT2D eigenvalue weighted by atomic mass is 16.3. The molecule has 0 aliphatic carbocycles. The van der Waals surface area contributed by atoms with Gasteiger partial charge in [-0.1, -0.05) is 18.2 Å². The minimum absolute atomic E-state index is 0.107. The van der Waals surface area contributed by atoms with Crippen LogP contribution in [0.25, 0.3) is 0 Å². The Balaban J connectivity index is 2.04. The molecule has 4 heteroatoms. The van der Waals surface area contributed by atoms with E-state index in [1.165, 1.54) is 0 Å². The van der Waals surface area contributed by atoms with Gasteiger partial charge >= 0.3 is 0 Å². The Morgan fingerprint density at radius 1 is 1.45 bits per heavy atom. The molecule has 0 aromatic heterocycles. The molecular formula is C16H24N2O2. The number of nitrogens with zero attached hydrogens (tertiary/aromatic N) is 2. The summed E-state index contributed by atoms with van der Waals surface area (Å²) in [6.45, 7) is 6.58. The number of rotatable bonds is 4. The van der Waals surface area contributed by atoms with E-state index in [9.17, 15) is 9.90 Å². The van der Waals surface area contributed by atoms with Gasteiger partial charge in [0.1, 0.15) is 0 Å². The number of benzene rings is 1. The van der Waals surface area contributed by atoms with Gasteiger partial charge in [0.15, 0.2) is 0 Å². The number of likely N-dealkylation sites (N-methyl/N-ethyl adjacent to an activating group) is 1. The fourth-order valence-electron chi connectivity index (χ4n) is 2.80. The number of aliphatic hydroxyl groups is 1. The molecule has 1 aliphatic heterocycles. The van der Waals surface area contributed by atoms with E-state index in [2.05, 4.69) is 4.90 Å². The van der Waals surface area contributed by atoms with Crippen LogP contribution in [0.5, 0.6) is 0 Å². The van der Waals surface area contributed by atoms with Crippen LogP contribution in [0.15, 0.2) is 24.3 Å². The van der Waals surface area contributed by atoms with Gasteiger partial charge in [-0.3, -0.25) is 9.69 Å². The van der Waals surface area contributed by atoms with E-state index >= 15 is 0 Å². The van der Waals surface area contributed by atoms with E-state index in [1.54, 1.807) is 0 Å². The van der Waals surface area contributed by atoms with Crippen molar-refractivity contribution >= 4 is 11.6 Å². The summed E-state index contributed by atoms with van der Waals surface area (Å²) in [5.74, 6) is 0.107. The molecule has 0 spiro atoms. The number of amides is 1. The third-order valence-corrected chi connectivity index (χ3v) is 3.86. The molecule has 110 valence electrons. The largest absolute Gasteiger partial charge is 0.392 e. The van der Waals surface area contributed by atoms with Crippen LogP contribution in [0.4, 0.5) is 5.69 Å². The molecule has 1 aliphatic rings. The Labute approximate surface area is 121 Å². The number of para-hydroxylation sites is 1. The van der Waals surface area contributed by atoms with Gasteiger partial charge in [0.05, 0.1) is 12.6 Å². The second-order valence-electron chi connectivity index (χ2n) is 5.46. The second kappa shape index (κ2) is 6.86. The van der Waals surface area contributed by atoms with Crippen molar-refractivity contribution in [3.8, 4) is 0 Å². The molecule has 0 bridgehead atoms. The lowest BCUT2D eigenvalue weighted by Gasteiger charge is -2.31. The first-order valence-electron chi connectivity index (χ1n) is 7.38. The van der Waals surface area contributed by atoms with Crippen LogP contribution in [-0.2, 0) is 4.79 Å². The van der Waals surface area contributed by atoms with Crippen LogP contribution in [-0.4, -0.2) is 48.2 Å². The average Bonchev–Trinajstić information content (AvgIpc) is 2.41. The molecule has 1 fully saturated rings. The van der Waals surface area contributed by atoms with Gasteiger partial charge in [-0.05, 0) is 44.9 Å². The third-order valence-electron chi connectivity index (χ3n) is 3.86. The monoisotopic (exact) mass is 276 g/mol. The summed E-state index contributed by atoms with van der Waals surface area (Å²) in [4.78, 5) is 16.4. The zero-order chi connectivity index (χ0) is 14.5. The number of hydrogen-bond donors (Lipinski definition) is 1. The maximum absolute atomic E-state index is 12.5. The number of aryl methyl sites for hydroxylation is 1. The molecule has 2 rings (SSSR count). The van der Waals surface area contributed by atoms with Gasteiger partial charge < -0.3 is 10.0 Å². The fourth-order valence-corrected chi connectivity index (χ4v) is 2.80. The van der Waals surface area contributed by atoms with Gasteiger partial charge in [0.2, 0.25) is 5.91 Å². The van der Waals surface area contributed by atoms with Gasteiger partial charge in [-0.25, -0.2) is 0 Å². The van der Waals surface area contributed by atoms with Crippen molar-refractivity contribution in [2.75, 3.05) is 31.1 Å². The molecule has 0 saturated carbocycles. The van der Waals surface area contributed by atoms with Gasteiger partial charge in [-0.15, -0.1) is 0 Å². The zero-order valence-electron chi connectivity index (χ0n) is 12.4. The molecule has 1 unspecified atom stereocenters. The molecule has 4 nitrogen and oxygen atoms in total. The van der Waals surface area contributed by atoms with Gasteiger partial charge in [0, 0.05) is 18.8 Å². The molecule has 1 atom stereocenters. The van der Waals surface area contributed by atoms with Crippen molar-refractivity contribution in [2.45, 2.75) is 32.8 Å². The van der Waals surface area contributed by atoms with E-state index in [4.69, 9.17) is 0 Å². The van der Waals surface area contributed by atoms with E-state index < -0.39 is 0 Å². The van der Waals surface area contributed by atoms with Crippen LogP contribution in [0.3, 0.4) is 0 Å². The number of carbonyl (C=O) groups excluding carboxylic acids is 1. The maximum Gasteiger partial charge on any atom is 0.241 e. The molecular weight excluding hydrogens is 252 g/mol. The summed E-state index contributed by atoms with van der Waals surface area (Å²) in [5.41, 5.74) is 2.10. The number of anilines is 1. The van der Waals surface area contributed by atoms with Gasteiger partial charge in [0.25, 0.3) is 0 Å². The van der Waals surface area contributed by atoms with Crippen LogP contribution >= 0.6 is 0 Å². The Morgan fingerprint density at radius 2 is 2.20 bits per heavy atom. The lowest BCUT2D eigenvalue weighted by molar-refractivity contribution is -0.120. The van der Waals surface area contributed by atoms with Crippen LogP contribution in [0, 0.1) is 6.92 Å². The first kappa shape index (κ1) is 15.0. The Morgan fingerprint density at radius 3 is 2.85 bits per heavy atom. The number of carbonyl (C=O) groups is 1. The number of hydrogen-bond acceptors (Lipinski definition) is 3.